The summed E-state index contributed by atoms with van der Waals surface area (Å²) < 4.78 is 15.8. The van der Waals surface area contributed by atoms with Gasteiger partial charge in [-0.1, -0.05) is 0 Å². The average Bonchev–Trinajstić information content (AvgIpc) is 2.65. The van der Waals surface area contributed by atoms with E-state index < -0.39 is 5.97 Å². The van der Waals surface area contributed by atoms with Gasteiger partial charge in [-0.2, -0.15) is 0 Å². The smallest absolute Gasteiger partial charge is 0.307 e. The number of hydrogen-bond acceptors (Lipinski definition) is 6. The Morgan fingerprint density at radius 1 is 1.19 bits per heavy atom. The predicted octanol–water partition coefficient (Wildman–Crippen LogP) is 2.26. The molecular formula is C18H27ClN2O6. The molecule has 9 heteroatoms. The van der Waals surface area contributed by atoms with Crippen LogP contribution in [0, 0.1) is 5.92 Å². The van der Waals surface area contributed by atoms with Crippen molar-refractivity contribution in [3.8, 4) is 17.2 Å². The van der Waals surface area contributed by atoms with Gasteiger partial charge in [0.25, 0.3) is 0 Å². The summed E-state index contributed by atoms with van der Waals surface area (Å²) >= 11 is 0. The predicted molar refractivity (Wildman–Crippen MR) is 103 cm³/mol. The molecule has 0 spiro atoms. The highest BCUT2D eigenvalue weighted by Gasteiger charge is 2.25. The quantitative estimate of drug-likeness (QED) is 0.688. The maximum absolute atomic E-state index is 12.3. The molecule has 152 valence electrons. The zero-order valence-corrected chi connectivity index (χ0v) is 16.6. The first-order chi connectivity index (χ1) is 12.5. The maximum atomic E-state index is 12.3. The summed E-state index contributed by atoms with van der Waals surface area (Å²) in [5, 5.41) is 11.9. The number of hydrogen-bond donors (Lipinski definition) is 2. The highest BCUT2D eigenvalue weighted by atomic mass is 35.5. The number of ether oxygens (including phenoxy) is 3. The summed E-state index contributed by atoms with van der Waals surface area (Å²) in [6.07, 6.45) is 1.82. The van der Waals surface area contributed by atoms with Crippen LogP contribution in [0.15, 0.2) is 12.1 Å². The molecule has 2 N–H and O–H groups in total. The summed E-state index contributed by atoms with van der Waals surface area (Å²) in [6.45, 7) is 1.84. The van der Waals surface area contributed by atoms with E-state index in [4.69, 9.17) is 19.3 Å². The standard InChI is InChI=1S/C18H26N2O6.ClH/c1-24-14-9-13(10-15(25-2)17(14)26-3)19-16(21)6-8-20-7-4-5-12(11-20)18(22)23;/h9-10,12H,4-8,11H2,1-3H3,(H,19,21)(H,22,23);1H. The highest BCUT2D eigenvalue weighted by molar-refractivity contribution is 5.91. The zero-order valence-electron chi connectivity index (χ0n) is 15.8. The van der Waals surface area contributed by atoms with Gasteiger partial charge >= 0.3 is 5.97 Å². The van der Waals surface area contributed by atoms with Crippen molar-refractivity contribution in [1.29, 1.82) is 0 Å². The van der Waals surface area contributed by atoms with Gasteiger partial charge in [0, 0.05) is 37.3 Å². The minimum atomic E-state index is -0.767. The molecule has 1 atom stereocenters. The van der Waals surface area contributed by atoms with Crippen molar-refractivity contribution in [1.82, 2.24) is 4.90 Å². The Hall–Kier alpha value is -2.19. The fourth-order valence-electron chi connectivity index (χ4n) is 3.10. The van der Waals surface area contributed by atoms with Crippen molar-refractivity contribution >= 4 is 30.0 Å². The van der Waals surface area contributed by atoms with Crippen molar-refractivity contribution < 1.29 is 28.9 Å². The average molecular weight is 403 g/mol. The largest absolute Gasteiger partial charge is 0.493 e. The second kappa shape index (κ2) is 10.8. The zero-order chi connectivity index (χ0) is 19.1. The van der Waals surface area contributed by atoms with E-state index in [0.29, 0.717) is 42.4 Å². The van der Waals surface area contributed by atoms with E-state index in [1.165, 1.54) is 21.3 Å². The summed E-state index contributed by atoms with van der Waals surface area (Å²) in [5.74, 6) is 0.112. The van der Waals surface area contributed by atoms with Crippen molar-refractivity contribution in [2.45, 2.75) is 19.3 Å². The topological polar surface area (TPSA) is 97.3 Å². The Balaban J connectivity index is 0.00000364. The number of anilines is 1. The van der Waals surface area contributed by atoms with E-state index in [-0.39, 0.29) is 30.7 Å². The number of aliphatic carboxylic acids is 1. The molecule has 1 aromatic rings. The minimum absolute atomic E-state index is 0. The highest BCUT2D eigenvalue weighted by Crippen LogP contribution is 2.39. The number of carboxylic acid groups (broad SMARTS) is 1. The Morgan fingerprint density at radius 3 is 2.33 bits per heavy atom. The van der Waals surface area contributed by atoms with Crippen molar-refractivity contribution in [2.75, 3.05) is 46.3 Å². The van der Waals surface area contributed by atoms with Crippen LogP contribution in [0.2, 0.25) is 0 Å². The summed E-state index contributed by atoms with van der Waals surface area (Å²) in [7, 11) is 4.54. The molecule has 0 aliphatic carbocycles. The van der Waals surface area contributed by atoms with E-state index in [9.17, 15) is 9.59 Å². The molecule has 1 fully saturated rings. The molecule has 1 aliphatic rings. The Morgan fingerprint density at radius 2 is 1.81 bits per heavy atom. The lowest BCUT2D eigenvalue weighted by Gasteiger charge is -2.30. The number of carbonyl (C=O) groups is 2. The number of methoxy groups -OCH3 is 3. The van der Waals surface area contributed by atoms with Crippen LogP contribution in [0.1, 0.15) is 19.3 Å². The summed E-state index contributed by atoms with van der Waals surface area (Å²) in [4.78, 5) is 25.4. The molecule has 1 heterocycles. The lowest BCUT2D eigenvalue weighted by molar-refractivity contribution is -0.143. The Bertz CT molecular complexity index is 630. The van der Waals surface area contributed by atoms with Crippen LogP contribution in [-0.4, -0.2) is 62.8 Å². The lowest BCUT2D eigenvalue weighted by atomic mass is 9.98. The molecule has 0 radical (unpaired) electrons. The van der Waals surface area contributed by atoms with E-state index in [0.717, 1.165) is 13.0 Å². The van der Waals surface area contributed by atoms with Gasteiger partial charge in [0.1, 0.15) is 0 Å². The van der Waals surface area contributed by atoms with Crippen LogP contribution in [0.4, 0.5) is 5.69 Å². The number of likely N-dealkylation sites (tertiary alicyclic amines) is 1. The molecule has 27 heavy (non-hydrogen) atoms. The molecule has 0 saturated carbocycles. The monoisotopic (exact) mass is 402 g/mol. The van der Waals surface area contributed by atoms with Gasteiger partial charge in [-0.15, -0.1) is 12.4 Å². The molecule has 0 bridgehead atoms. The van der Waals surface area contributed by atoms with Crippen molar-refractivity contribution in [2.24, 2.45) is 5.92 Å². The van der Waals surface area contributed by atoms with Gasteiger partial charge in [0.2, 0.25) is 11.7 Å². The number of rotatable bonds is 8. The van der Waals surface area contributed by atoms with E-state index in [1.807, 2.05) is 4.90 Å². The fourth-order valence-corrected chi connectivity index (χ4v) is 3.10. The first-order valence-electron chi connectivity index (χ1n) is 8.53. The third-order valence-corrected chi connectivity index (χ3v) is 4.46. The minimum Gasteiger partial charge on any atom is -0.493 e. The Kier molecular flexibility index (Phi) is 9.17. The molecule has 2 rings (SSSR count). The molecule has 1 unspecified atom stereocenters. The number of carbonyl (C=O) groups excluding carboxylic acids is 1. The number of carboxylic acids is 1. The molecule has 1 saturated heterocycles. The van der Waals surface area contributed by atoms with Crippen LogP contribution in [0.3, 0.4) is 0 Å². The molecular weight excluding hydrogens is 376 g/mol. The van der Waals surface area contributed by atoms with Gasteiger partial charge in [-0.3, -0.25) is 9.59 Å². The van der Waals surface area contributed by atoms with Crippen LogP contribution >= 0.6 is 12.4 Å². The SMILES string of the molecule is COc1cc(NC(=O)CCN2CCCC(C(=O)O)C2)cc(OC)c1OC.Cl. The van der Waals surface area contributed by atoms with Crippen LogP contribution in [0.25, 0.3) is 0 Å². The third kappa shape index (κ3) is 6.18. The summed E-state index contributed by atoms with van der Waals surface area (Å²) in [5.41, 5.74) is 0.548. The molecule has 1 aliphatic heterocycles. The van der Waals surface area contributed by atoms with Gasteiger partial charge in [0.15, 0.2) is 11.5 Å². The van der Waals surface area contributed by atoms with Crippen LogP contribution < -0.4 is 19.5 Å². The lowest BCUT2D eigenvalue weighted by Crippen LogP contribution is -2.40. The number of benzene rings is 1. The first kappa shape index (κ1) is 22.9. The molecule has 0 aromatic heterocycles. The van der Waals surface area contributed by atoms with Gasteiger partial charge in [-0.05, 0) is 19.4 Å². The van der Waals surface area contributed by atoms with Crippen molar-refractivity contribution in [3.05, 3.63) is 12.1 Å². The number of nitrogens with one attached hydrogen (secondary N) is 1. The van der Waals surface area contributed by atoms with Crippen LogP contribution in [-0.2, 0) is 9.59 Å². The number of nitrogens with zero attached hydrogens (tertiary/aromatic N) is 1. The second-order valence-corrected chi connectivity index (χ2v) is 6.19. The third-order valence-electron chi connectivity index (χ3n) is 4.46. The van der Waals surface area contributed by atoms with Gasteiger partial charge in [0.05, 0.1) is 27.2 Å². The fraction of sp³-hybridized carbons (Fsp3) is 0.556. The van der Waals surface area contributed by atoms with E-state index >= 15 is 0 Å². The summed E-state index contributed by atoms with van der Waals surface area (Å²) in [6, 6.07) is 3.33. The van der Waals surface area contributed by atoms with Gasteiger partial charge in [-0.25, -0.2) is 0 Å². The number of halogens is 1. The molecule has 8 nitrogen and oxygen atoms in total. The van der Waals surface area contributed by atoms with Crippen LogP contribution in [0.5, 0.6) is 17.2 Å². The maximum Gasteiger partial charge on any atom is 0.307 e. The number of amides is 1. The normalized spacial score (nSPS) is 16.8. The Labute approximate surface area is 165 Å². The molecule has 1 aromatic carbocycles. The molecule has 1 amide bonds. The van der Waals surface area contributed by atoms with E-state index in [2.05, 4.69) is 5.32 Å². The number of piperidine rings is 1. The first-order valence-corrected chi connectivity index (χ1v) is 8.53. The van der Waals surface area contributed by atoms with E-state index in [1.54, 1.807) is 12.1 Å². The van der Waals surface area contributed by atoms with Crippen molar-refractivity contribution in [3.63, 3.8) is 0 Å². The van der Waals surface area contributed by atoms with Gasteiger partial charge < -0.3 is 29.5 Å². The second-order valence-electron chi connectivity index (χ2n) is 6.19.